The first-order valence-corrected chi connectivity index (χ1v) is 5.49. The van der Waals surface area contributed by atoms with Gasteiger partial charge in [-0.2, -0.15) is 0 Å². The molecule has 0 saturated heterocycles. The second kappa shape index (κ2) is 4.61. The number of hydrogen-bond acceptors (Lipinski definition) is 3. The summed E-state index contributed by atoms with van der Waals surface area (Å²) in [5.41, 5.74) is 1.62. The fraction of sp³-hybridized carbons (Fsp3) is 0. The van der Waals surface area contributed by atoms with Gasteiger partial charge in [-0.25, -0.2) is 0 Å². The molecule has 2 rings (SSSR count). The van der Waals surface area contributed by atoms with Crippen LogP contribution < -0.4 is 3.07 Å². The van der Waals surface area contributed by atoms with E-state index in [4.69, 9.17) is 3.07 Å². The molecule has 0 bridgehead atoms. The van der Waals surface area contributed by atoms with Gasteiger partial charge in [-0.3, -0.25) is 0 Å². The summed E-state index contributed by atoms with van der Waals surface area (Å²) < 4.78 is 5.08. The largest absolute Gasteiger partial charge is 0.508 e. The van der Waals surface area contributed by atoms with Crippen molar-refractivity contribution >= 4 is 23.0 Å². The molecule has 0 aliphatic carbocycles. The molecular weight excluding hydrogens is 319 g/mol. The van der Waals surface area contributed by atoms with E-state index in [0.29, 0.717) is 0 Å². The number of halogens is 1. The maximum Gasteiger partial charge on any atom is 0.192 e. The number of phenolic OH excluding ortho intramolecular Hbond substituents is 2. The summed E-state index contributed by atoms with van der Waals surface area (Å²) in [5.74, 6) is 0.799. The SMILES string of the molecule is Oc1cc(O)cc(-c2cccc(OI)c2)c1. The smallest absolute Gasteiger partial charge is 0.192 e. The second-order valence-electron chi connectivity index (χ2n) is 3.34. The van der Waals surface area contributed by atoms with Gasteiger partial charge in [0.25, 0.3) is 0 Å². The Morgan fingerprint density at radius 3 is 2.19 bits per heavy atom. The predicted octanol–water partition coefficient (Wildman–Crippen LogP) is 3.49. The van der Waals surface area contributed by atoms with Crippen LogP contribution in [0, 0.1) is 0 Å². The summed E-state index contributed by atoms with van der Waals surface area (Å²) >= 11 is 1.80. The lowest BCUT2D eigenvalue weighted by molar-refractivity contribution is 0.451. The highest BCUT2D eigenvalue weighted by molar-refractivity contribution is 14.1. The van der Waals surface area contributed by atoms with Gasteiger partial charge in [0.15, 0.2) is 23.0 Å². The van der Waals surface area contributed by atoms with Gasteiger partial charge >= 0.3 is 0 Å². The molecule has 0 fully saturated rings. The van der Waals surface area contributed by atoms with Crippen LogP contribution in [0.2, 0.25) is 0 Å². The quantitative estimate of drug-likeness (QED) is 0.830. The summed E-state index contributed by atoms with van der Waals surface area (Å²) in [6.45, 7) is 0. The Bertz CT molecular complexity index is 491. The van der Waals surface area contributed by atoms with Gasteiger partial charge in [-0.1, -0.05) is 12.1 Å². The minimum Gasteiger partial charge on any atom is -0.508 e. The third kappa shape index (κ3) is 2.38. The monoisotopic (exact) mass is 328 g/mol. The Labute approximate surface area is 107 Å². The summed E-state index contributed by atoms with van der Waals surface area (Å²) in [4.78, 5) is 0. The van der Waals surface area contributed by atoms with Gasteiger partial charge in [0, 0.05) is 6.07 Å². The van der Waals surface area contributed by atoms with Crippen molar-refractivity contribution in [2.75, 3.05) is 0 Å². The Kier molecular flexibility index (Phi) is 3.19. The highest BCUT2D eigenvalue weighted by atomic mass is 127. The molecule has 2 aromatic rings. The van der Waals surface area contributed by atoms with Crippen molar-refractivity contribution in [2.45, 2.75) is 0 Å². The molecule has 0 amide bonds. The van der Waals surface area contributed by atoms with E-state index in [1.54, 1.807) is 35.1 Å². The maximum absolute atomic E-state index is 9.39. The van der Waals surface area contributed by atoms with Crippen LogP contribution in [-0.2, 0) is 0 Å². The first-order chi connectivity index (χ1) is 7.69. The van der Waals surface area contributed by atoms with E-state index in [-0.39, 0.29) is 11.5 Å². The van der Waals surface area contributed by atoms with Crippen LogP contribution in [0.4, 0.5) is 0 Å². The Hall–Kier alpha value is -1.43. The summed E-state index contributed by atoms with van der Waals surface area (Å²) in [6, 6.07) is 11.9. The molecule has 2 N–H and O–H groups in total. The van der Waals surface area contributed by atoms with E-state index in [1.165, 1.54) is 6.07 Å². The number of benzene rings is 2. The highest BCUT2D eigenvalue weighted by Gasteiger charge is 2.03. The predicted molar refractivity (Wildman–Crippen MR) is 69.9 cm³/mol. The molecule has 0 unspecified atom stereocenters. The third-order valence-electron chi connectivity index (χ3n) is 2.16. The van der Waals surface area contributed by atoms with E-state index in [9.17, 15) is 10.2 Å². The van der Waals surface area contributed by atoms with Gasteiger partial charge in [-0.05, 0) is 35.4 Å². The molecule has 0 aliphatic rings. The number of rotatable bonds is 2. The van der Waals surface area contributed by atoms with E-state index in [0.717, 1.165) is 16.9 Å². The lowest BCUT2D eigenvalue weighted by Gasteiger charge is -2.05. The van der Waals surface area contributed by atoms with Crippen LogP contribution in [0.25, 0.3) is 11.1 Å². The van der Waals surface area contributed by atoms with Crippen LogP contribution in [-0.4, -0.2) is 10.2 Å². The molecule has 3 nitrogen and oxygen atoms in total. The molecule has 0 aliphatic heterocycles. The average molecular weight is 328 g/mol. The van der Waals surface area contributed by atoms with Crippen molar-refractivity contribution in [3.05, 3.63) is 42.5 Å². The molecule has 0 aromatic heterocycles. The van der Waals surface area contributed by atoms with Crippen molar-refractivity contribution < 1.29 is 13.3 Å². The van der Waals surface area contributed by atoms with Crippen molar-refractivity contribution in [3.8, 4) is 28.4 Å². The van der Waals surface area contributed by atoms with Crippen molar-refractivity contribution in [2.24, 2.45) is 0 Å². The van der Waals surface area contributed by atoms with Crippen LogP contribution >= 0.6 is 23.0 Å². The minimum absolute atomic E-state index is 0.0378. The Morgan fingerprint density at radius 2 is 1.56 bits per heavy atom. The summed E-state index contributed by atoms with van der Waals surface area (Å²) in [5, 5.41) is 18.8. The van der Waals surface area contributed by atoms with E-state index in [1.807, 2.05) is 24.3 Å². The van der Waals surface area contributed by atoms with Crippen LogP contribution in [0.5, 0.6) is 17.2 Å². The molecule has 0 radical (unpaired) electrons. The van der Waals surface area contributed by atoms with Gasteiger partial charge in [0.1, 0.15) is 17.2 Å². The molecule has 82 valence electrons. The molecule has 2 aromatic carbocycles. The molecule has 0 atom stereocenters. The zero-order valence-corrected chi connectivity index (χ0v) is 10.4. The van der Waals surface area contributed by atoms with Gasteiger partial charge in [-0.15, -0.1) is 0 Å². The van der Waals surface area contributed by atoms with Crippen LogP contribution in [0.3, 0.4) is 0 Å². The van der Waals surface area contributed by atoms with E-state index < -0.39 is 0 Å². The molecule has 0 spiro atoms. The molecule has 4 heteroatoms. The zero-order valence-electron chi connectivity index (χ0n) is 8.22. The lowest BCUT2D eigenvalue weighted by atomic mass is 10.0. The minimum atomic E-state index is 0.0378. The average Bonchev–Trinajstić information content (AvgIpc) is 2.28. The maximum atomic E-state index is 9.39. The van der Waals surface area contributed by atoms with Gasteiger partial charge in [0.2, 0.25) is 0 Å². The second-order valence-corrected chi connectivity index (χ2v) is 3.78. The number of phenols is 2. The molecule has 0 saturated carbocycles. The molecule has 0 heterocycles. The van der Waals surface area contributed by atoms with Crippen molar-refractivity contribution in [1.29, 1.82) is 0 Å². The third-order valence-corrected chi connectivity index (χ3v) is 2.67. The van der Waals surface area contributed by atoms with Crippen molar-refractivity contribution in [3.63, 3.8) is 0 Å². The lowest BCUT2D eigenvalue weighted by Crippen LogP contribution is -1.80. The first-order valence-electron chi connectivity index (χ1n) is 4.61. The normalized spacial score (nSPS) is 10.1. The fourth-order valence-electron chi connectivity index (χ4n) is 1.49. The zero-order chi connectivity index (χ0) is 11.5. The summed E-state index contributed by atoms with van der Waals surface area (Å²) in [6.07, 6.45) is 0. The topological polar surface area (TPSA) is 49.7 Å². The Morgan fingerprint density at radius 1 is 0.875 bits per heavy atom. The molecule has 16 heavy (non-hydrogen) atoms. The first kappa shape index (κ1) is 11.1. The summed E-state index contributed by atoms with van der Waals surface area (Å²) in [7, 11) is 0. The molecular formula is C12H9IO3. The van der Waals surface area contributed by atoms with E-state index >= 15 is 0 Å². The van der Waals surface area contributed by atoms with Crippen LogP contribution in [0.1, 0.15) is 0 Å². The van der Waals surface area contributed by atoms with Gasteiger partial charge < -0.3 is 13.3 Å². The van der Waals surface area contributed by atoms with Gasteiger partial charge in [0.05, 0.1) is 0 Å². The highest BCUT2D eigenvalue weighted by Crippen LogP contribution is 2.30. The number of aromatic hydroxyl groups is 2. The van der Waals surface area contributed by atoms with E-state index in [2.05, 4.69) is 0 Å². The Balaban J connectivity index is 2.49. The van der Waals surface area contributed by atoms with Crippen molar-refractivity contribution in [1.82, 2.24) is 0 Å². The fourth-order valence-corrected chi connectivity index (χ4v) is 1.76. The standard InChI is InChI=1S/C12H9IO3/c13-16-12-3-1-2-8(6-12)9-4-10(14)7-11(15)5-9/h1-7,14-15H. The number of hydrogen-bond donors (Lipinski definition) is 2. The van der Waals surface area contributed by atoms with Crippen LogP contribution in [0.15, 0.2) is 42.5 Å².